The minimum absolute atomic E-state index is 0.472. The molecule has 1 aromatic heterocycles. The van der Waals surface area contributed by atoms with Gasteiger partial charge in [-0.25, -0.2) is 0 Å². The van der Waals surface area contributed by atoms with Gasteiger partial charge < -0.3 is 10.1 Å². The molecule has 2 aromatic carbocycles. The monoisotopic (exact) mass is 378 g/mol. The summed E-state index contributed by atoms with van der Waals surface area (Å²) < 4.78 is 6.29. The number of nitrogens with one attached hydrogen (secondary N) is 2. The van der Waals surface area contributed by atoms with Gasteiger partial charge in [-0.3, -0.25) is 5.10 Å². The minimum atomic E-state index is 0.472. The number of hydrogen-bond donors (Lipinski definition) is 2. The highest BCUT2D eigenvalue weighted by Crippen LogP contribution is 2.31. The lowest BCUT2D eigenvalue weighted by atomic mass is 10.2. The zero-order valence-electron chi connectivity index (χ0n) is 11.6. The van der Waals surface area contributed by atoms with Crippen molar-refractivity contribution in [3.8, 4) is 17.1 Å². The van der Waals surface area contributed by atoms with Gasteiger partial charge in [-0.2, -0.15) is 4.98 Å². The zero-order valence-corrected chi connectivity index (χ0v) is 13.9. The summed E-state index contributed by atoms with van der Waals surface area (Å²) in [6.45, 7) is 0. The van der Waals surface area contributed by atoms with E-state index in [0.717, 1.165) is 21.5 Å². The maximum absolute atomic E-state index is 5.86. The Hall–Kier alpha value is -2.05. The quantitative estimate of drug-likeness (QED) is 0.693. The summed E-state index contributed by atoms with van der Waals surface area (Å²) in [5, 5.41) is 10.9. The number of rotatable bonds is 4. The van der Waals surface area contributed by atoms with Gasteiger partial charge >= 0.3 is 0 Å². The van der Waals surface area contributed by atoms with Crippen LogP contribution < -0.4 is 10.1 Å². The van der Waals surface area contributed by atoms with Crippen molar-refractivity contribution in [3.63, 3.8) is 0 Å². The van der Waals surface area contributed by atoms with Gasteiger partial charge in [-0.05, 0) is 42.5 Å². The van der Waals surface area contributed by atoms with Crippen molar-refractivity contribution in [2.75, 3.05) is 12.4 Å². The van der Waals surface area contributed by atoms with Crippen molar-refractivity contribution in [2.24, 2.45) is 0 Å². The first-order valence-corrected chi connectivity index (χ1v) is 7.62. The van der Waals surface area contributed by atoms with Gasteiger partial charge in [0.1, 0.15) is 5.75 Å². The molecule has 0 aliphatic heterocycles. The molecule has 0 aliphatic carbocycles. The molecule has 0 atom stereocenters. The summed E-state index contributed by atoms with van der Waals surface area (Å²) in [4.78, 5) is 4.44. The Morgan fingerprint density at radius 2 is 1.95 bits per heavy atom. The molecule has 0 saturated carbocycles. The molecular formula is C15H12BrClN4O. The Kier molecular flexibility index (Phi) is 4.31. The molecule has 0 fully saturated rings. The first-order chi connectivity index (χ1) is 10.7. The number of methoxy groups -OCH3 is 1. The number of nitrogens with zero attached hydrogens (tertiary/aromatic N) is 2. The second-order valence-corrected chi connectivity index (χ2v) is 5.84. The van der Waals surface area contributed by atoms with E-state index in [1.807, 2.05) is 30.3 Å². The fraction of sp³-hybridized carbons (Fsp3) is 0.0667. The molecule has 0 radical (unpaired) electrons. The molecule has 2 N–H and O–H groups in total. The molecule has 1 heterocycles. The van der Waals surface area contributed by atoms with E-state index in [4.69, 9.17) is 16.3 Å². The van der Waals surface area contributed by atoms with Gasteiger partial charge in [-0.1, -0.05) is 27.5 Å². The van der Waals surface area contributed by atoms with Gasteiger partial charge in [0, 0.05) is 15.2 Å². The molecule has 112 valence electrons. The number of aromatic nitrogens is 3. The average Bonchev–Trinajstić information content (AvgIpc) is 2.98. The Labute approximate surface area is 140 Å². The molecule has 0 spiro atoms. The number of benzene rings is 2. The van der Waals surface area contributed by atoms with E-state index >= 15 is 0 Å². The summed E-state index contributed by atoms with van der Waals surface area (Å²) >= 11 is 9.31. The van der Waals surface area contributed by atoms with E-state index < -0.39 is 0 Å². The van der Waals surface area contributed by atoms with E-state index in [2.05, 4.69) is 36.4 Å². The van der Waals surface area contributed by atoms with Crippen LogP contribution in [0.4, 0.5) is 11.6 Å². The Morgan fingerprint density at radius 3 is 2.68 bits per heavy atom. The van der Waals surface area contributed by atoms with Crippen molar-refractivity contribution >= 4 is 39.2 Å². The van der Waals surface area contributed by atoms with E-state index in [1.54, 1.807) is 19.2 Å². The average molecular weight is 380 g/mol. The van der Waals surface area contributed by atoms with Crippen molar-refractivity contribution in [2.45, 2.75) is 0 Å². The maximum Gasteiger partial charge on any atom is 0.246 e. The fourth-order valence-electron chi connectivity index (χ4n) is 1.97. The molecule has 0 amide bonds. The summed E-state index contributed by atoms with van der Waals surface area (Å²) in [6, 6.07) is 13.0. The van der Waals surface area contributed by atoms with E-state index in [9.17, 15) is 0 Å². The highest BCUT2D eigenvalue weighted by atomic mass is 79.9. The summed E-state index contributed by atoms with van der Waals surface area (Å²) in [5.41, 5.74) is 1.68. The second kappa shape index (κ2) is 6.37. The van der Waals surface area contributed by atoms with Gasteiger partial charge in [0.25, 0.3) is 0 Å². The van der Waals surface area contributed by atoms with Crippen LogP contribution in [0.15, 0.2) is 46.9 Å². The fourth-order valence-corrected chi connectivity index (χ4v) is 2.45. The first kappa shape index (κ1) is 14.9. The smallest absolute Gasteiger partial charge is 0.246 e. The SMILES string of the molecule is COc1ccc(Br)cc1-c1nc(Nc2ccc(Cl)cc2)n[nH]1. The third-order valence-electron chi connectivity index (χ3n) is 3.00. The lowest BCUT2D eigenvalue weighted by molar-refractivity contribution is 0.416. The third kappa shape index (κ3) is 3.23. The number of aromatic amines is 1. The van der Waals surface area contributed by atoms with Crippen molar-refractivity contribution in [1.29, 1.82) is 0 Å². The van der Waals surface area contributed by atoms with Crippen LogP contribution in [0.1, 0.15) is 0 Å². The van der Waals surface area contributed by atoms with E-state index in [0.29, 0.717) is 16.8 Å². The van der Waals surface area contributed by atoms with Crippen LogP contribution in [0.5, 0.6) is 5.75 Å². The van der Waals surface area contributed by atoms with Gasteiger partial charge in [0.05, 0.1) is 12.7 Å². The molecular weight excluding hydrogens is 368 g/mol. The van der Waals surface area contributed by atoms with Crippen LogP contribution in [-0.4, -0.2) is 22.3 Å². The Morgan fingerprint density at radius 1 is 1.18 bits per heavy atom. The van der Waals surface area contributed by atoms with Crippen molar-refractivity contribution in [3.05, 3.63) is 52.0 Å². The number of anilines is 2. The highest BCUT2D eigenvalue weighted by molar-refractivity contribution is 9.10. The van der Waals surface area contributed by atoms with Crippen molar-refractivity contribution < 1.29 is 4.74 Å². The molecule has 22 heavy (non-hydrogen) atoms. The molecule has 3 aromatic rings. The van der Waals surface area contributed by atoms with Crippen LogP contribution in [0.25, 0.3) is 11.4 Å². The summed E-state index contributed by atoms with van der Waals surface area (Å²) in [7, 11) is 1.62. The molecule has 0 unspecified atom stereocenters. The molecule has 0 saturated heterocycles. The van der Waals surface area contributed by atoms with E-state index in [-0.39, 0.29) is 0 Å². The number of ether oxygens (including phenoxy) is 1. The highest BCUT2D eigenvalue weighted by Gasteiger charge is 2.11. The van der Waals surface area contributed by atoms with E-state index in [1.165, 1.54) is 0 Å². The third-order valence-corrected chi connectivity index (χ3v) is 3.75. The molecule has 5 nitrogen and oxygen atoms in total. The Bertz CT molecular complexity index is 788. The van der Waals surface area contributed by atoms with Gasteiger partial charge in [0.15, 0.2) is 5.82 Å². The Balaban J connectivity index is 1.87. The van der Waals surface area contributed by atoms with Gasteiger partial charge in [0.2, 0.25) is 5.95 Å². The van der Waals surface area contributed by atoms with Gasteiger partial charge in [-0.15, -0.1) is 5.10 Å². The van der Waals surface area contributed by atoms with Crippen LogP contribution in [0.2, 0.25) is 5.02 Å². The maximum atomic E-state index is 5.86. The number of H-pyrrole nitrogens is 1. The predicted molar refractivity (Wildman–Crippen MR) is 90.8 cm³/mol. The summed E-state index contributed by atoms with van der Waals surface area (Å²) in [6.07, 6.45) is 0. The van der Waals surface area contributed by atoms with Crippen LogP contribution in [-0.2, 0) is 0 Å². The standard InChI is InChI=1S/C15H12BrClN4O/c1-22-13-7-2-9(16)8-12(13)14-19-15(21-20-14)18-11-5-3-10(17)4-6-11/h2-8H,1H3,(H2,18,19,20,21). The van der Waals surface area contributed by atoms with Crippen LogP contribution >= 0.6 is 27.5 Å². The second-order valence-electron chi connectivity index (χ2n) is 4.48. The largest absolute Gasteiger partial charge is 0.496 e. The molecule has 7 heteroatoms. The normalized spacial score (nSPS) is 10.5. The van der Waals surface area contributed by atoms with Crippen molar-refractivity contribution in [1.82, 2.24) is 15.2 Å². The molecule has 0 aliphatic rings. The molecule has 0 bridgehead atoms. The van der Waals surface area contributed by atoms with Crippen LogP contribution in [0.3, 0.4) is 0 Å². The number of hydrogen-bond acceptors (Lipinski definition) is 4. The first-order valence-electron chi connectivity index (χ1n) is 6.44. The van der Waals surface area contributed by atoms with Crippen LogP contribution in [0, 0.1) is 0 Å². The topological polar surface area (TPSA) is 62.8 Å². The minimum Gasteiger partial charge on any atom is -0.496 e. The summed E-state index contributed by atoms with van der Waals surface area (Å²) in [5.74, 6) is 1.81. The molecule has 3 rings (SSSR count). The predicted octanol–water partition coefficient (Wildman–Crippen LogP) is 4.64. The zero-order chi connectivity index (χ0) is 15.5. The lowest BCUT2D eigenvalue weighted by Crippen LogP contribution is -1.92. The lowest BCUT2D eigenvalue weighted by Gasteiger charge is -2.05. The number of halogens is 2.